The van der Waals surface area contributed by atoms with Crippen molar-refractivity contribution in [2.75, 3.05) is 18.5 Å². The first-order chi connectivity index (χ1) is 17.8. The molecule has 1 aliphatic heterocycles. The quantitative estimate of drug-likeness (QED) is 0.407. The molecule has 2 saturated carbocycles. The summed E-state index contributed by atoms with van der Waals surface area (Å²) in [7, 11) is 0. The molecule has 0 saturated heterocycles. The van der Waals surface area contributed by atoms with E-state index in [2.05, 4.69) is 5.32 Å². The second-order valence-electron chi connectivity index (χ2n) is 9.68. The Morgan fingerprint density at radius 2 is 1.73 bits per heavy atom. The Balaban J connectivity index is 0.000000348. The van der Waals surface area contributed by atoms with E-state index in [9.17, 15) is 14.7 Å². The zero-order valence-corrected chi connectivity index (χ0v) is 21.7. The molecule has 1 spiro atoms. The summed E-state index contributed by atoms with van der Waals surface area (Å²) < 4.78 is 5.78. The largest absolute Gasteiger partial charge is 0.491 e. The van der Waals surface area contributed by atoms with E-state index in [0.717, 1.165) is 23.4 Å². The average molecular weight is 539 g/mol. The minimum atomic E-state index is -1.58. The molecule has 4 N–H and O–H groups in total. The Bertz CT molecular complexity index is 1340. The molecule has 8 heteroatoms. The van der Waals surface area contributed by atoms with Crippen molar-refractivity contribution in [3.63, 3.8) is 0 Å². The smallest absolute Gasteiger partial charge is 0.237 e. The lowest BCUT2D eigenvalue weighted by Crippen LogP contribution is -2.59. The monoisotopic (exact) mass is 538 g/mol. The summed E-state index contributed by atoms with van der Waals surface area (Å²) >= 11 is 11.7. The fourth-order valence-electron chi connectivity index (χ4n) is 5.52. The van der Waals surface area contributed by atoms with Gasteiger partial charge in [-0.3, -0.25) is 9.59 Å². The predicted octanol–water partition coefficient (Wildman–Crippen LogP) is 5.34. The van der Waals surface area contributed by atoms with Crippen molar-refractivity contribution in [3.05, 3.63) is 93.5 Å². The second-order valence-corrected chi connectivity index (χ2v) is 10.6. The summed E-state index contributed by atoms with van der Waals surface area (Å²) in [6.07, 6.45) is 2.69. The molecule has 0 radical (unpaired) electrons. The summed E-state index contributed by atoms with van der Waals surface area (Å²) in [6.45, 7) is -0.0896. The van der Waals surface area contributed by atoms with E-state index in [1.807, 2.05) is 48.5 Å². The Morgan fingerprint density at radius 3 is 2.38 bits per heavy atom. The number of hydrogen-bond donors (Lipinski definition) is 3. The number of Topliss-reactive ketones (excluding diaryl/α,β-unsaturated/α-hetero) is 1. The van der Waals surface area contributed by atoms with Crippen LogP contribution in [0, 0.1) is 0 Å². The molecule has 3 aromatic rings. The van der Waals surface area contributed by atoms with E-state index < -0.39 is 11.0 Å². The maximum atomic E-state index is 13.4. The zero-order chi connectivity index (χ0) is 26.2. The average Bonchev–Trinajstić information content (AvgIpc) is 3.65. The second kappa shape index (κ2) is 10.1. The van der Waals surface area contributed by atoms with Crippen molar-refractivity contribution in [2.45, 2.75) is 42.6 Å². The maximum Gasteiger partial charge on any atom is 0.237 e. The van der Waals surface area contributed by atoms with Crippen molar-refractivity contribution in [3.8, 4) is 5.75 Å². The van der Waals surface area contributed by atoms with Crippen LogP contribution in [0.4, 0.5) is 5.69 Å². The van der Waals surface area contributed by atoms with E-state index in [4.69, 9.17) is 33.7 Å². The molecule has 0 bridgehead atoms. The molecule has 1 heterocycles. The van der Waals surface area contributed by atoms with Crippen molar-refractivity contribution in [1.29, 1.82) is 0 Å². The molecular weight excluding hydrogens is 511 g/mol. The van der Waals surface area contributed by atoms with Gasteiger partial charge in [0.1, 0.15) is 23.3 Å². The number of hydrogen-bond acceptors (Lipinski definition) is 5. The summed E-state index contributed by atoms with van der Waals surface area (Å²) in [5.74, 6) is 0.385. The van der Waals surface area contributed by atoms with Gasteiger partial charge in [0.25, 0.3) is 0 Å². The molecule has 6 nitrogen and oxygen atoms in total. The summed E-state index contributed by atoms with van der Waals surface area (Å²) in [6, 6.07) is 20.4. The normalized spacial score (nSPS) is 23.9. The highest BCUT2D eigenvalue weighted by Gasteiger charge is 2.67. The fourth-order valence-corrected chi connectivity index (χ4v) is 5.84. The molecule has 2 aliphatic carbocycles. The van der Waals surface area contributed by atoms with E-state index >= 15 is 0 Å². The summed E-state index contributed by atoms with van der Waals surface area (Å²) in [5, 5.41) is 13.4. The number of aliphatic hydroxyl groups excluding tert-OH is 1. The third-order valence-electron chi connectivity index (χ3n) is 7.48. The Kier molecular flexibility index (Phi) is 7.03. The van der Waals surface area contributed by atoms with E-state index in [-0.39, 0.29) is 31.3 Å². The number of aliphatic hydroxyl groups is 1. The van der Waals surface area contributed by atoms with Crippen molar-refractivity contribution in [2.24, 2.45) is 5.73 Å². The Hall–Kier alpha value is -2.90. The van der Waals surface area contributed by atoms with Gasteiger partial charge in [-0.15, -0.1) is 0 Å². The number of anilines is 1. The Labute approximate surface area is 225 Å². The molecule has 1 amide bonds. The number of benzene rings is 3. The molecule has 2 fully saturated rings. The predicted molar refractivity (Wildman–Crippen MR) is 144 cm³/mol. The Morgan fingerprint density at radius 1 is 0.973 bits per heavy atom. The van der Waals surface area contributed by atoms with E-state index in [0.29, 0.717) is 39.9 Å². The first kappa shape index (κ1) is 25.7. The number of ether oxygens (including phenoxy) is 1. The molecule has 2 atom stereocenters. The molecule has 0 unspecified atom stereocenters. The number of ketones is 1. The molecule has 37 heavy (non-hydrogen) atoms. The number of carbonyl (C=O) groups excluding carboxylic acids is 2. The highest BCUT2D eigenvalue weighted by atomic mass is 35.5. The SMILES string of the molecule is Clc1ccccc1.N[C@]1(c2cc(C3CC3)ccc2OCCO)C(=O)CC[C@]12C(=O)Nc1cc(Cl)ccc12. The van der Waals surface area contributed by atoms with E-state index in [1.54, 1.807) is 18.2 Å². The van der Waals surface area contributed by atoms with Crippen LogP contribution in [0.2, 0.25) is 10.0 Å². The zero-order valence-electron chi connectivity index (χ0n) is 20.2. The summed E-state index contributed by atoms with van der Waals surface area (Å²) in [5.41, 5.74) is 7.06. The molecule has 0 aromatic heterocycles. The van der Waals surface area contributed by atoms with Gasteiger partial charge in [-0.1, -0.05) is 53.5 Å². The first-order valence-electron chi connectivity index (χ1n) is 12.3. The minimum absolute atomic E-state index is 0.0748. The number of fused-ring (bicyclic) bond motifs is 2. The fraction of sp³-hybridized carbons (Fsp3) is 0.310. The first-order valence-corrected chi connectivity index (χ1v) is 13.1. The van der Waals surface area contributed by atoms with Crippen molar-refractivity contribution < 1.29 is 19.4 Å². The van der Waals surface area contributed by atoms with Crippen molar-refractivity contribution >= 4 is 40.6 Å². The standard InChI is InChI=1S/C23H23ClN2O4.C6H5Cl/c24-15-4-5-16-18(12-15)26-21(29)22(16)8-7-20(28)23(22,25)17-11-14(13-1-2-13)3-6-19(17)30-10-9-27;7-6-4-2-1-3-5-6/h3-6,11-13,27H,1-2,7-10,25H2,(H,26,29);1-5H/t22-,23+;/m0./s1. The van der Waals surface area contributed by atoms with Crippen LogP contribution in [-0.2, 0) is 20.5 Å². The number of nitrogens with two attached hydrogens (primary N) is 1. The maximum absolute atomic E-state index is 13.4. The third kappa shape index (κ3) is 4.42. The number of nitrogens with one attached hydrogen (secondary N) is 1. The number of carbonyl (C=O) groups is 2. The molecule has 6 rings (SSSR count). The van der Waals surface area contributed by atoms with Gasteiger partial charge in [0, 0.05) is 27.7 Å². The van der Waals surface area contributed by atoms with Gasteiger partial charge in [0.15, 0.2) is 5.78 Å². The number of rotatable bonds is 5. The van der Waals surface area contributed by atoms with Gasteiger partial charge in [-0.2, -0.15) is 0 Å². The highest BCUT2D eigenvalue weighted by Crippen LogP contribution is 2.58. The van der Waals surface area contributed by atoms with Crippen LogP contribution < -0.4 is 15.8 Å². The highest BCUT2D eigenvalue weighted by molar-refractivity contribution is 6.31. The van der Waals surface area contributed by atoms with Gasteiger partial charge in [0.2, 0.25) is 5.91 Å². The van der Waals surface area contributed by atoms with Crippen molar-refractivity contribution in [1.82, 2.24) is 0 Å². The topological polar surface area (TPSA) is 102 Å². The van der Waals surface area contributed by atoms with Gasteiger partial charge in [0.05, 0.1) is 6.61 Å². The van der Waals surface area contributed by atoms with Crippen LogP contribution in [-0.4, -0.2) is 30.0 Å². The lowest BCUT2D eigenvalue weighted by molar-refractivity contribution is -0.129. The lowest BCUT2D eigenvalue weighted by Gasteiger charge is -2.39. The molecular formula is C29H28Cl2N2O4. The van der Waals surface area contributed by atoms with Gasteiger partial charge < -0.3 is 20.9 Å². The van der Waals surface area contributed by atoms with Crippen LogP contribution in [0.3, 0.4) is 0 Å². The molecule has 192 valence electrons. The van der Waals surface area contributed by atoms with Gasteiger partial charge in [-0.05, 0) is 72.7 Å². The minimum Gasteiger partial charge on any atom is -0.491 e. The van der Waals surface area contributed by atoms with Crippen LogP contribution in [0.1, 0.15) is 48.3 Å². The number of halogens is 2. The molecule has 3 aliphatic rings. The van der Waals surface area contributed by atoms with E-state index in [1.165, 1.54) is 0 Å². The lowest BCUT2D eigenvalue weighted by atomic mass is 9.64. The third-order valence-corrected chi connectivity index (χ3v) is 7.96. The van der Waals surface area contributed by atoms with Gasteiger partial charge >= 0.3 is 0 Å². The van der Waals surface area contributed by atoms with Gasteiger partial charge in [-0.25, -0.2) is 0 Å². The van der Waals surface area contributed by atoms with Crippen LogP contribution in [0.5, 0.6) is 5.75 Å². The van der Waals surface area contributed by atoms with Crippen LogP contribution in [0.25, 0.3) is 0 Å². The number of amides is 1. The summed E-state index contributed by atoms with van der Waals surface area (Å²) in [4.78, 5) is 26.8. The van der Waals surface area contributed by atoms with Crippen LogP contribution >= 0.6 is 23.2 Å². The molecule has 3 aromatic carbocycles. The van der Waals surface area contributed by atoms with Crippen LogP contribution in [0.15, 0.2) is 66.7 Å².